The zero-order valence-electron chi connectivity index (χ0n) is 18.0. The van der Waals surface area contributed by atoms with Crippen LogP contribution in [0.4, 0.5) is 8.78 Å². The summed E-state index contributed by atoms with van der Waals surface area (Å²) in [6.07, 6.45) is 11.8. The van der Waals surface area contributed by atoms with Crippen LogP contribution in [0.25, 0.3) is 11.6 Å². The summed E-state index contributed by atoms with van der Waals surface area (Å²) < 4.78 is 32.5. The lowest BCUT2D eigenvalue weighted by atomic mass is 9.82. The van der Waals surface area contributed by atoms with Crippen molar-refractivity contribution in [3.63, 3.8) is 0 Å². The molecule has 0 bridgehead atoms. The van der Waals surface area contributed by atoms with Crippen molar-refractivity contribution in [3.8, 4) is 0 Å². The van der Waals surface area contributed by atoms with Crippen molar-refractivity contribution in [2.75, 3.05) is 6.61 Å². The second kappa shape index (κ2) is 8.60. The Morgan fingerprint density at radius 1 is 1.20 bits per heavy atom. The maximum Gasteiger partial charge on any atom is 0.248 e. The molecule has 3 aliphatic rings. The zero-order chi connectivity index (χ0) is 21.3. The Morgan fingerprint density at radius 3 is 2.73 bits per heavy atom. The number of pyridine rings is 1. The topological polar surface area (TPSA) is 46.0 Å². The highest BCUT2D eigenvalue weighted by atomic mass is 19.3. The van der Waals surface area contributed by atoms with Crippen LogP contribution in [-0.4, -0.2) is 23.2 Å². The number of rotatable bonds is 4. The largest absolute Gasteiger partial charge is 0.497 e. The average Bonchev–Trinajstić information content (AvgIpc) is 2.92. The first-order valence-corrected chi connectivity index (χ1v) is 11.3. The summed E-state index contributed by atoms with van der Waals surface area (Å²) in [6.45, 7) is 4.51. The van der Waals surface area contributed by atoms with Gasteiger partial charge in [-0.25, -0.2) is 8.78 Å². The molecule has 162 valence electrons. The fourth-order valence-corrected chi connectivity index (χ4v) is 4.95. The van der Waals surface area contributed by atoms with E-state index in [0.717, 1.165) is 48.3 Å². The van der Waals surface area contributed by atoms with Crippen molar-refractivity contribution < 1.29 is 13.5 Å². The van der Waals surface area contributed by atoms with Crippen molar-refractivity contribution >= 4 is 17.4 Å². The van der Waals surface area contributed by atoms with E-state index in [4.69, 9.17) is 15.1 Å². The third kappa shape index (κ3) is 4.65. The molecule has 2 unspecified atom stereocenters. The molecule has 1 aromatic rings. The quantitative estimate of drug-likeness (QED) is 0.597. The number of nitrogens with zero attached hydrogens (tertiary/aromatic N) is 1. The lowest BCUT2D eigenvalue weighted by Crippen LogP contribution is -2.24. The molecule has 0 amide bonds. The smallest absolute Gasteiger partial charge is 0.248 e. The molecule has 30 heavy (non-hydrogen) atoms. The van der Waals surface area contributed by atoms with E-state index in [1.54, 1.807) is 0 Å². The maximum absolute atomic E-state index is 13.4. The first-order valence-electron chi connectivity index (χ1n) is 11.3. The van der Waals surface area contributed by atoms with E-state index in [0.29, 0.717) is 37.0 Å². The van der Waals surface area contributed by atoms with E-state index in [-0.39, 0.29) is 18.8 Å². The summed E-state index contributed by atoms with van der Waals surface area (Å²) in [7, 11) is 0. The Balaban J connectivity index is 1.40. The van der Waals surface area contributed by atoms with Crippen molar-refractivity contribution in [3.05, 3.63) is 40.9 Å². The fraction of sp³-hybridized carbons (Fsp3) is 0.600. The van der Waals surface area contributed by atoms with Gasteiger partial charge in [-0.1, -0.05) is 13.0 Å². The van der Waals surface area contributed by atoms with Gasteiger partial charge in [-0.2, -0.15) is 0 Å². The van der Waals surface area contributed by atoms with Crippen LogP contribution < -0.4 is 0 Å². The molecule has 5 heteroatoms. The number of fused-ring (bicyclic) bond motifs is 1. The number of halogens is 2. The molecular weight excluding hydrogens is 382 g/mol. The van der Waals surface area contributed by atoms with E-state index in [1.165, 1.54) is 5.56 Å². The Morgan fingerprint density at radius 2 is 1.97 bits per heavy atom. The number of nitrogens with one attached hydrogen (secondary N) is 1. The predicted octanol–water partition coefficient (Wildman–Crippen LogP) is 6.68. The number of alkyl halides is 2. The van der Waals surface area contributed by atoms with Crippen LogP contribution in [0, 0.1) is 23.2 Å². The Labute approximate surface area is 178 Å². The molecule has 1 N–H and O–H groups in total. The van der Waals surface area contributed by atoms with Gasteiger partial charge in [-0.3, -0.25) is 4.98 Å². The molecule has 2 heterocycles. The SMILES string of the molecule is CC1=C(c2cnc3c(c2)CCC(CCC2CCC(F)(F)CC2)C=C3)C(=N)C(C)CO1. The number of hydrogen-bond donors (Lipinski definition) is 1. The predicted molar refractivity (Wildman–Crippen MR) is 117 cm³/mol. The summed E-state index contributed by atoms with van der Waals surface area (Å²) in [5.74, 6) is -0.619. The molecule has 1 aliphatic heterocycles. The van der Waals surface area contributed by atoms with Crippen LogP contribution in [0.15, 0.2) is 24.1 Å². The molecule has 3 nitrogen and oxygen atoms in total. The minimum absolute atomic E-state index is 0.0584. The summed E-state index contributed by atoms with van der Waals surface area (Å²) in [6, 6.07) is 2.17. The van der Waals surface area contributed by atoms with Crippen molar-refractivity contribution in [1.82, 2.24) is 4.98 Å². The molecule has 2 aliphatic carbocycles. The summed E-state index contributed by atoms with van der Waals surface area (Å²) in [5.41, 5.74) is 4.70. The Bertz CT molecular complexity index is 864. The molecule has 2 atom stereocenters. The molecule has 1 fully saturated rings. The number of allylic oxidation sites excluding steroid dienone is 3. The third-order valence-corrected chi connectivity index (χ3v) is 7.05. The van der Waals surface area contributed by atoms with Gasteiger partial charge in [0.2, 0.25) is 5.92 Å². The van der Waals surface area contributed by atoms with E-state index in [1.807, 2.05) is 20.0 Å². The zero-order valence-corrected chi connectivity index (χ0v) is 18.0. The first kappa shape index (κ1) is 21.2. The normalized spacial score (nSPS) is 26.9. The highest BCUT2D eigenvalue weighted by Crippen LogP contribution is 2.39. The van der Waals surface area contributed by atoms with Gasteiger partial charge in [0, 0.05) is 41.8 Å². The second-order valence-corrected chi connectivity index (χ2v) is 9.36. The van der Waals surface area contributed by atoms with Gasteiger partial charge in [-0.05, 0) is 75.0 Å². The fourth-order valence-electron chi connectivity index (χ4n) is 4.95. The highest BCUT2D eigenvalue weighted by molar-refractivity contribution is 6.24. The second-order valence-electron chi connectivity index (χ2n) is 9.36. The lowest BCUT2D eigenvalue weighted by molar-refractivity contribution is -0.0468. The van der Waals surface area contributed by atoms with E-state index in [2.05, 4.69) is 18.2 Å². The Hall–Kier alpha value is -2.04. The van der Waals surface area contributed by atoms with Crippen molar-refractivity contribution in [1.29, 1.82) is 5.41 Å². The van der Waals surface area contributed by atoms with Crippen molar-refractivity contribution in [2.45, 2.75) is 71.1 Å². The molecule has 0 radical (unpaired) electrons. The van der Waals surface area contributed by atoms with Gasteiger partial charge in [0.25, 0.3) is 0 Å². The van der Waals surface area contributed by atoms with Crippen LogP contribution in [-0.2, 0) is 11.2 Å². The monoisotopic (exact) mass is 414 g/mol. The van der Waals surface area contributed by atoms with Crippen LogP contribution >= 0.6 is 0 Å². The molecule has 1 aromatic heterocycles. The molecule has 0 saturated heterocycles. The summed E-state index contributed by atoms with van der Waals surface area (Å²) >= 11 is 0. The number of hydrogen-bond acceptors (Lipinski definition) is 3. The number of aromatic nitrogens is 1. The lowest BCUT2D eigenvalue weighted by Gasteiger charge is -2.28. The van der Waals surface area contributed by atoms with Gasteiger partial charge >= 0.3 is 0 Å². The minimum Gasteiger partial charge on any atom is -0.497 e. The van der Waals surface area contributed by atoms with Crippen LogP contribution in [0.5, 0.6) is 0 Å². The van der Waals surface area contributed by atoms with Gasteiger partial charge in [0.15, 0.2) is 0 Å². The van der Waals surface area contributed by atoms with Crippen LogP contribution in [0.1, 0.15) is 75.6 Å². The van der Waals surface area contributed by atoms with Gasteiger partial charge in [0.1, 0.15) is 5.76 Å². The maximum atomic E-state index is 13.4. The highest BCUT2D eigenvalue weighted by Gasteiger charge is 2.34. The molecule has 0 spiro atoms. The van der Waals surface area contributed by atoms with Crippen LogP contribution in [0.2, 0.25) is 0 Å². The molecule has 4 rings (SSSR count). The van der Waals surface area contributed by atoms with Crippen molar-refractivity contribution in [2.24, 2.45) is 17.8 Å². The minimum atomic E-state index is -2.44. The third-order valence-electron chi connectivity index (χ3n) is 7.05. The molecule has 1 saturated carbocycles. The first-order chi connectivity index (χ1) is 14.3. The Kier molecular flexibility index (Phi) is 6.08. The number of ether oxygens (including phenoxy) is 1. The standard InChI is InChI=1S/C25H32F2N2O/c1-16-15-30-17(2)23(24(16)28)21-13-20-7-5-18(6-8-22(20)29-14-21)3-4-19-9-11-25(26,27)12-10-19/h6,8,13-14,16,18-19,28H,3-5,7,9-12,15H2,1-2H3. The molecule has 0 aromatic carbocycles. The summed E-state index contributed by atoms with van der Waals surface area (Å²) in [4.78, 5) is 4.69. The van der Waals surface area contributed by atoms with Crippen LogP contribution in [0.3, 0.4) is 0 Å². The summed E-state index contributed by atoms with van der Waals surface area (Å²) in [5, 5.41) is 8.49. The van der Waals surface area contributed by atoms with E-state index < -0.39 is 5.92 Å². The average molecular weight is 415 g/mol. The van der Waals surface area contributed by atoms with Gasteiger partial charge in [0.05, 0.1) is 12.3 Å². The van der Waals surface area contributed by atoms with Gasteiger partial charge < -0.3 is 10.1 Å². The molecular formula is C25H32F2N2O. The van der Waals surface area contributed by atoms with E-state index >= 15 is 0 Å². The number of aryl methyl sites for hydroxylation is 1. The van der Waals surface area contributed by atoms with Gasteiger partial charge in [-0.15, -0.1) is 0 Å². The van der Waals surface area contributed by atoms with E-state index in [9.17, 15) is 8.78 Å².